The molecule has 1 N–H and O–H groups in total. The second kappa shape index (κ2) is 10.9. The van der Waals surface area contributed by atoms with E-state index in [2.05, 4.69) is 5.32 Å². The minimum atomic E-state index is -0.352. The normalized spacial score (nSPS) is 10.4. The first-order valence-corrected chi connectivity index (χ1v) is 9.97. The number of amides is 2. The van der Waals surface area contributed by atoms with Gasteiger partial charge in [0.15, 0.2) is 6.61 Å². The second-order valence-electron chi connectivity index (χ2n) is 6.28. The molecule has 0 unspecified atom stereocenters. The molecule has 0 bridgehead atoms. The third-order valence-corrected chi connectivity index (χ3v) is 4.45. The topological polar surface area (TPSA) is 58.6 Å². The lowest BCUT2D eigenvalue weighted by molar-refractivity contribution is -0.118. The molecule has 0 fully saturated rings. The summed E-state index contributed by atoms with van der Waals surface area (Å²) in [5, 5.41) is 3.56. The molecule has 5 nitrogen and oxygen atoms in total. The van der Waals surface area contributed by atoms with Crippen molar-refractivity contribution in [3.8, 4) is 5.75 Å². The molecule has 0 saturated carbocycles. The molecular weight excluding hydrogens is 399 g/mol. The number of anilines is 1. The summed E-state index contributed by atoms with van der Waals surface area (Å²) in [5.74, 6) is -0.0153. The number of benzene rings is 2. The molecule has 0 aromatic heterocycles. The van der Waals surface area contributed by atoms with Crippen molar-refractivity contribution >= 4 is 40.7 Å². The van der Waals surface area contributed by atoms with E-state index in [4.69, 9.17) is 27.9 Å². The van der Waals surface area contributed by atoms with E-state index < -0.39 is 0 Å². The Labute approximate surface area is 175 Å². The Hall–Kier alpha value is -2.24. The molecule has 0 aliphatic rings. The molecule has 150 valence electrons. The summed E-state index contributed by atoms with van der Waals surface area (Å²) in [6.45, 7) is 5.29. The van der Waals surface area contributed by atoms with Gasteiger partial charge in [0.2, 0.25) is 0 Å². The van der Waals surface area contributed by atoms with Crippen LogP contribution in [0, 0.1) is 0 Å². The van der Waals surface area contributed by atoms with Crippen molar-refractivity contribution in [2.24, 2.45) is 0 Å². The summed E-state index contributed by atoms with van der Waals surface area (Å²) in [5.41, 5.74) is 1.08. The van der Waals surface area contributed by atoms with Gasteiger partial charge in [-0.25, -0.2) is 0 Å². The summed E-state index contributed by atoms with van der Waals surface area (Å²) in [6.07, 6.45) is 1.79. The van der Waals surface area contributed by atoms with Crippen molar-refractivity contribution in [2.75, 3.05) is 25.0 Å². The van der Waals surface area contributed by atoms with Gasteiger partial charge in [0.25, 0.3) is 11.8 Å². The van der Waals surface area contributed by atoms with Crippen LogP contribution in [-0.2, 0) is 4.79 Å². The van der Waals surface area contributed by atoms with E-state index in [9.17, 15) is 9.59 Å². The maximum atomic E-state index is 12.7. The summed E-state index contributed by atoms with van der Waals surface area (Å²) in [6, 6.07) is 11.7. The number of nitrogens with zero attached hydrogens (tertiary/aromatic N) is 1. The number of hydrogen-bond acceptors (Lipinski definition) is 3. The number of carbonyl (C=O) groups excluding carboxylic acids is 2. The molecule has 0 atom stereocenters. The van der Waals surface area contributed by atoms with Crippen LogP contribution in [0.4, 0.5) is 5.69 Å². The first kappa shape index (κ1) is 22.1. The van der Waals surface area contributed by atoms with Crippen LogP contribution in [0.3, 0.4) is 0 Å². The maximum Gasteiger partial charge on any atom is 0.262 e. The first-order chi connectivity index (χ1) is 13.4. The van der Waals surface area contributed by atoms with Crippen molar-refractivity contribution < 1.29 is 14.3 Å². The number of hydrogen-bond donors (Lipinski definition) is 1. The van der Waals surface area contributed by atoms with Gasteiger partial charge in [0.05, 0.1) is 5.02 Å². The molecule has 2 aromatic rings. The van der Waals surface area contributed by atoms with Crippen LogP contribution in [0.25, 0.3) is 0 Å². The Kier molecular flexibility index (Phi) is 8.61. The minimum absolute atomic E-state index is 0.0380. The third kappa shape index (κ3) is 6.43. The van der Waals surface area contributed by atoms with Gasteiger partial charge in [-0.05, 0) is 49.2 Å². The highest BCUT2D eigenvalue weighted by atomic mass is 35.5. The lowest BCUT2D eigenvalue weighted by Crippen LogP contribution is -2.32. The molecule has 2 rings (SSSR count). The van der Waals surface area contributed by atoms with Gasteiger partial charge in [-0.3, -0.25) is 9.59 Å². The molecule has 0 aliphatic carbocycles. The molecule has 0 radical (unpaired) electrons. The zero-order valence-electron chi connectivity index (χ0n) is 16.0. The molecule has 0 saturated heterocycles. The van der Waals surface area contributed by atoms with E-state index in [1.165, 1.54) is 0 Å². The van der Waals surface area contributed by atoms with Gasteiger partial charge < -0.3 is 15.0 Å². The van der Waals surface area contributed by atoms with E-state index in [-0.39, 0.29) is 18.4 Å². The average Bonchev–Trinajstić information content (AvgIpc) is 2.67. The van der Waals surface area contributed by atoms with Crippen molar-refractivity contribution in [3.63, 3.8) is 0 Å². The summed E-state index contributed by atoms with van der Waals surface area (Å²) >= 11 is 11.9. The molecule has 0 aliphatic heterocycles. The van der Waals surface area contributed by atoms with Crippen molar-refractivity contribution in [1.82, 2.24) is 4.90 Å². The van der Waals surface area contributed by atoms with Crippen molar-refractivity contribution in [1.29, 1.82) is 0 Å². The number of halogens is 2. The van der Waals surface area contributed by atoms with Gasteiger partial charge in [0.1, 0.15) is 5.75 Å². The predicted molar refractivity (Wildman–Crippen MR) is 114 cm³/mol. The average molecular weight is 423 g/mol. The fourth-order valence-electron chi connectivity index (χ4n) is 2.70. The smallest absolute Gasteiger partial charge is 0.262 e. The largest absolute Gasteiger partial charge is 0.482 e. The molecular formula is C21H24Cl2N2O3. The van der Waals surface area contributed by atoms with Gasteiger partial charge in [-0.1, -0.05) is 43.1 Å². The molecule has 0 spiro atoms. The van der Waals surface area contributed by atoms with E-state index in [1.807, 2.05) is 18.7 Å². The van der Waals surface area contributed by atoms with Gasteiger partial charge in [0, 0.05) is 29.4 Å². The zero-order valence-corrected chi connectivity index (χ0v) is 17.5. The Bertz CT molecular complexity index is 821. The van der Waals surface area contributed by atoms with E-state index in [0.717, 1.165) is 12.8 Å². The Morgan fingerprint density at radius 3 is 2.39 bits per heavy atom. The Balaban J connectivity index is 1.99. The summed E-state index contributed by atoms with van der Waals surface area (Å²) in [4.78, 5) is 26.7. The van der Waals surface area contributed by atoms with Gasteiger partial charge in [-0.15, -0.1) is 0 Å². The van der Waals surface area contributed by atoms with Crippen LogP contribution in [0.15, 0.2) is 42.5 Å². The highest BCUT2D eigenvalue weighted by molar-refractivity contribution is 6.35. The van der Waals surface area contributed by atoms with Gasteiger partial charge >= 0.3 is 0 Å². The molecule has 2 amide bonds. The fraction of sp³-hybridized carbons (Fsp3) is 0.333. The number of rotatable bonds is 9. The van der Waals surface area contributed by atoms with Crippen LogP contribution in [0.5, 0.6) is 5.75 Å². The molecule has 7 heteroatoms. The van der Waals surface area contributed by atoms with Crippen LogP contribution < -0.4 is 10.1 Å². The van der Waals surface area contributed by atoms with Crippen LogP contribution in [-0.4, -0.2) is 36.4 Å². The monoisotopic (exact) mass is 422 g/mol. The highest BCUT2D eigenvalue weighted by Gasteiger charge is 2.15. The number of carbonyl (C=O) groups is 2. The quantitative estimate of drug-likeness (QED) is 0.598. The Morgan fingerprint density at radius 2 is 1.75 bits per heavy atom. The lowest BCUT2D eigenvalue weighted by Gasteiger charge is -2.21. The highest BCUT2D eigenvalue weighted by Crippen LogP contribution is 2.27. The summed E-state index contributed by atoms with van der Waals surface area (Å²) in [7, 11) is 0. The van der Waals surface area contributed by atoms with Crippen molar-refractivity contribution in [3.05, 3.63) is 58.1 Å². The third-order valence-electron chi connectivity index (χ3n) is 3.92. The van der Waals surface area contributed by atoms with Crippen LogP contribution in [0.2, 0.25) is 10.0 Å². The standard InChI is InChI=1S/C21H24Cl2N2O3/c1-3-10-25(11-4-2)21(27)15-6-5-7-17(12-15)24-20(26)14-28-19-9-8-16(22)13-18(19)23/h5-9,12-13H,3-4,10-11,14H2,1-2H3,(H,24,26). The second-order valence-corrected chi connectivity index (χ2v) is 7.13. The molecule has 28 heavy (non-hydrogen) atoms. The molecule has 0 heterocycles. The van der Waals surface area contributed by atoms with E-state index in [0.29, 0.717) is 40.1 Å². The van der Waals surface area contributed by atoms with Gasteiger partial charge in [-0.2, -0.15) is 0 Å². The van der Waals surface area contributed by atoms with E-state index >= 15 is 0 Å². The first-order valence-electron chi connectivity index (χ1n) is 9.21. The zero-order chi connectivity index (χ0) is 20.5. The Morgan fingerprint density at radius 1 is 1.04 bits per heavy atom. The van der Waals surface area contributed by atoms with Crippen LogP contribution in [0.1, 0.15) is 37.0 Å². The number of nitrogens with one attached hydrogen (secondary N) is 1. The van der Waals surface area contributed by atoms with Crippen molar-refractivity contribution in [2.45, 2.75) is 26.7 Å². The van der Waals surface area contributed by atoms with E-state index in [1.54, 1.807) is 42.5 Å². The number of ether oxygens (including phenoxy) is 1. The predicted octanol–water partition coefficient (Wildman–Crippen LogP) is 5.27. The molecule has 2 aromatic carbocycles. The lowest BCUT2D eigenvalue weighted by atomic mass is 10.1. The summed E-state index contributed by atoms with van der Waals surface area (Å²) < 4.78 is 5.43. The minimum Gasteiger partial charge on any atom is -0.482 e. The maximum absolute atomic E-state index is 12.7. The SMILES string of the molecule is CCCN(CCC)C(=O)c1cccc(NC(=O)COc2ccc(Cl)cc2Cl)c1. The fourth-order valence-corrected chi connectivity index (χ4v) is 3.16. The van der Waals surface area contributed by atoms with Crippen LogP contribution >= 0.6 is 23.2 Å².